The van der Waals surface area contributed by atoms with Gasteiger partial charge in [-0.2, -0.15) is 13.2 Å². The average Bonchev–Trinajstić information content (AvgIpc) is 2.31. The van der Waals surface area contributed by atoms with E-state index in [0.29, 0.717) is 24.5 Å². The number of hydrogen-bond donors (Lipinski definition) is 0. The molecule has 1 heterocycles. The number of hydrogen-bond acceptors (Lipinski definition) is 1. The van der Waals surface area contributed by atoms with Gasteiger partial charge in [-0.15, -0.1) is 0 Å². The van der Waals surface area contributed by atoms with Crippen molar-refractivity contribution in [3.05, 3.63) is 46.2 Å². The number of halogens is 3. The van der Waals surface area contributed by atoms with Gasteiger partial charge < -0.3 is 4.57 Å². The van der Waals surface area contributed by atoms with Crippen molar-refractivity contribution in [3.8, 4) is 0 Å². The Morgan fingerprint density at radius 3 is 2.50 bits per heavy atom. The van der Waals surface area contributed by atoms with Crippen molar-refractivity contribution in [1.29, 1.82) is 0 Å². The Labute approximate surface area is 102 Å². The second-order valence-corrected chi connectivity index (χ2v) is 4.06. The Kier molecular flexibility index (Phi) is 3.15. The molecule has 0 spiro atoms. The van der Waals surface area contributed by atoms with Gasteiger partial charge in [0.2, 0.25) is 0 Å². The first-order valence-electron chi connectivity index (χ1n) is 5.65. The predicted octanol–water partition coefficient (Wildman–Crippen LogP) is 3.43. The van der Waals surface area contributed by atoms with Crippen LogP contribution in [0.4, 0.5) is 13.2 Å². The summed E-state index contributed by atoms with van der Waals surface area (Å²) in [6, 6.07) is 6.79. The summed E-state index contributed by atoms with van der Waals surface area (Å²) in [6.07, 6.45) is -3.82. The molecule has 2 nitrogen and oxygen atoms in total. The molecule has 0 bridgehead atoms. The SMILES string of the molecule is CCCn1c(=O)cc(C(F)(F)F)c2ccccc21. The van der Waals surface area contributed by atoms with E-state index in [-0.39, 0.29) is 5.39 Å². The van der Waals surface area contributed by atoms with Gasteiger partial charge in [0.25, 0.3) is 5.56 Å². The van der Waals surface area contributed by atoms with Crippen molar-refractivity contribution in [3.63, 3.8) is 0 Å². The molecule has 0 saturated heterocycles. The Morgan fingerprint density at radius 2 is 1.89 bits per heavy atom. The topological polar surface area (TPSA) is 22.0 Å². The van der Waals surface area contributed by atoms with Gasteiger partial charge in [-0.3, -0.25) is 4.79 Å². The molecule has 2 aromatic rings. The van der Waals surface area contributed by atoms with E-state index in [0.717, 1.165) is 0 Å². The highest BCUT2D eigenvalue weighted by Gasteiger charge is 2.33. The first kappa shape index (κ1) is 12.7. The molecule has 1 aromatic carbocycles. The maximum Gasteiger partial charge on any atom is 0.417 e. The van der Waals surface area contributed by atoms with Crippen molar-refractivity contribution in [2.24, 2.45) is 0 Å². The normalized spacial score (nSPS) is 12.0. The molecule has 0 fully saturated rings. The Balaban J connectivity index is 2.86. The van der Waals surface area contributed by atoms with E-state index in [1.807, 2.05) is 6.92 Å². The van der Waals surface area contributed by atoms with E-state index in [2.05, 4.69) is 0 Å². The highest BCUT2D eigenvalue weighted by molar-refractivity contribution is 5.83. The highest BCUT2D eigenvalue weighted by Crippen LogP contribution is 2.33. The molecule has 0 atom stereocenters. The van der Waals surface area contributed by atoms with Crippen molar-refractivity contribution in [2.45, 2.75) is 26.1 Å². The summed E-state index contributed by atoms with van der Waals surface area (Å²) in [5, 5.41) is 0.0676. The standard InChI is InChI=1S/C13H12F3NO/c1-2-7-17-11-6-4-3-5-9(11)10(8-12(17)18)13(14,15)16/h3-6,8H,2,7H2,1H3. The summed E-state index contributed by atoms with van der Waals surface area (Å²) in [5.41, 5.74) is -1.14. The molecular weight excluding hydrogens is 243 g/mol. The first-order chi connectivity index (χ1) is 8.45. The molecule has 5 heteroatoms. The van der Waals surface area contributed by atoms with E-state index in [9.17, 15) is 18.0 Å². The molecule has 1 aromatic heterocycles. The lowest BCUT2D eigenvalue weighted by atomic mass is 10.1. The van der Waals surface area contributed by atoms with Gasteiger partial charge in [-0.25, -0.2) is 0 Å². The largest absolute Gasteiger partial charge is 0.417 e. The number of aromatic nitrogens is 1. The summed E-state index contributed by atoms with van der Waals surface area (Å²) in [6.45, 7) is 2.29. The van der Waals surface area contributed by atoms with Crippen LogP contribution in [0.1, 0.15) is 18.9 Å². The van der Waals surface area contributed by atoms with Gasteiger partial charge in [0.05, 0.1) is 11.1 Å². The molecule has 0 saturated carbocycles. The smallest absolute Gasteiger partial charge is 0.308 e. The first-order valence-corrected chi connectivity index (χ1v) is 5.65. The van der Waals surface area contributed by atoms with Crippen LogP contribution in [0.2, 0.25) is 0 Å². The van der Waals surface area contributed by atoms with Crippen molar-refractivity contribution < 1.29 is 13.2 Å². The molecule has 2 rings (SSSR count). The van der Waals surface area contributed by atoms with E-state index < -0.39 is 17.3 Å². The average molecular weight is 255 g/mol. The molecule has 0 unspecified atom stereocenters. The van der Waals surface area contributed by atoms with Crippen molar-refractivity contribution in [1.82, 2.24) is 4.57 Å². The zero-order chi connectivity index (χ0) is 13.3. The van der Waals surface area contributed by atoms with E-state index in [1.54, 1.807) is 18.2 Å². The number of nitrogens with zero attached hydrogens (tertiary/aromatic N) is 1. The molecule has 0 amide bonds. The molecule has 18 heavy (non-hydrogen) atoms. The third-order valence-corrected chi connectivity index (χ3v) is 2.77. The van der Waals surface area contributed by atoms with Crippen LogP contribution in [0.25, 0.3) is 10.9 Å². The van der Waals surface area contributed by atoms with Crippen LogP contribution in [0, 0.1) is 0 Å². The van der Waals surface area contributed by atoms with Crippen LogP contribution < -0.4 is 5.56 Å². The van der Waals surface area contributed by atoms with Gasteiger partial charge in [0.1, 0.15) is 0 Å². The fraction of sp³-hybridized carbons (Fsp3) is 0.308. The predicted molar refractivity (Wildman–Crippen MR) is 63.5 cm³/mol. The third-order valence-electron chi connectivity index (χ3n) is 2.77. The number of pyridine rings is 1. The van der Waals surface area contributed by atoms with Gasteiger partial charge >= 0.3 is 6.18 Å². The second-order valence-electron chi connectivity index (χ2n) is 4.06. The maximum absolute atomic E-state index is 12.9. The highest BCUT2D eigenvalue weighted by atomic mass is 19.4. The van der Waals surface area contributed by atoms with Gasteiger partial charge in [0, 0.05) is 18.0 Å². The van der Waals surface area contributed by atoms with Crippen molar-refractivity contribution >= 4 is 10.9 Å². The van der Waals surface area contributed by atoms with Gasteiger partial charge in [-0.1, -0.05) is 25.1 Å². The number of benzene rings is 1. The summed E-state index contributed by atoms with van der Waals surface area (Å²) < 4.78 is 40.0. The molecule has 96 valence electrons. The summed E-state index contributed by atoms with van der Waals surface area (Å²) >= 11 is 0. The van der Waals surface area contributed by atoms with Gasteiger partial charge in [-0.05, 0) is 12.5 Å². The summed E-state index contributed by atoms with van der Waals surface area (Å²) in [5.74, 6) is 0. The molecule has 0 aliphatic rings. The van der Waals surface area contributed by atoms with Crippen LogP contribution in [0.15, 0.2) is 35.1 Å². The minimum atomic E-state index is -4.51. The fourth-order valence-corrected chi connectivity index (χ4v) is 2.02. The second kappa shape index (κ2) is 4.48. The Hall–Kier alpha value is -1.78. The van der Waals surface area contributed by atoms with Crippen LogP contribution in [0.3, 0.4) is 0 Å². The zero-order valence-electron chi connectivity index (χ0n) is 9.79. The molecule has 0 aliphatic carbocycles. The van der Waals surface area contributed by atoms with Crippen molar-refractivity contribution in [2.75, 3.05) is 0 Å². The summed E-state index contributed by atoms with van der Waals surface area (Å²) in [4.78, 5) is 11.8. The van der Waals surface area contributed by atoms with Crippen LogP contribution >= 0.6 is 0 Å². The lowest BCUT2D eigenvalue weighted by Crippen LogP contribution is -2.23. The molecular formula is C13H12F3NO. The fourth-order valence-electron chi connectivity index (χ4n) is 2.02. The minimum absolute atomic E-state index is 0.0676. The molecule has 0 N–H and O–H groups in total. The number of aryl methyl sites for hydroxylation is 1. The Bertz CT molecular complexity index is 628. The number of alkyl halides is 3. The molecule has 0 aliphatic heterocycles. The quantitative estimate of drug-likeness (QED) is 0.805. The van der Waals surface area contributed by atoms with Crippen LogP contribution in [0.5, 0.6) is 0 Å². The minimum Gasteiger partial charge on any atom is -0.308 e. The number of fused-ring (bicyclic) bond motifs is 1. The lowest BCUT2D eigenvalue weighted by molar-refractivity contribution is -0.136. The number of rotatable bonds is 2. The Morgan fingerprint density at radius 1 is 1.22 bits per heavy atom. The lowest BCUT2D eigenvalue weighted by Gasteiger charge is -2.14. The monoisotopic (exact) mass is 255 g/mol. The van der Waals surface area contributed by atoms with Crippen LogP contribution in [-0.2, 0) is 12.7 Å². The van der Waals surface area contributed by atoms with Crippen LogP contribution in [-0.4, -0.2) is 4.57 Å². The van der Waals surface area contributed by atoms with E-state index >= 15 is 0 Å². The molecule has 0 radical (unpaired) electrons. The summed E-state index contributed by atoms with van der Waals surface area (Å²) in [7, 11) is 0. The maximum atomic E-state index is 12.9. The third kappa shape index (κ3) is 2.12. The zero-order valence-corrected chi connectivity index (χ0v) is 9.79. The number of para-hydroxylation sites is 1. The van der Waals surface area contributed by atoms with Gasteiger partial charge in [0.15, 0.2) is 0 Å². The van der Waals surface area contributed by atoms with E-state index in [1.165, 1.54) is 10.6 Å². The van der Waals surface area contributed by atoms with E-state index in [4.69, 9.17) is 0 Å².